The van der Waals surface area contributed by atoms with Gasteiger partial charge in [0.25, 0.3) is 6.01 Å². The maximum Gasteiger partial charge on any atom is 0.335 e. The fraction of sp³-hybridized carbons (Fsp3) is 0.385. The molecule has 0 atom stereocenters. The maximum atomic E-state index is 10.8. The third-order valence-corrected chi connectivity index (χ3v) is 2.69. The van der Waals surface area contributed by atoms with Crippen molar-refractivity contribution in [2.45, 2.75) is 12.8 Å². The van der Waals surface area contributed by atoms with E-state index in [1.165, 1.54) is 12.1 Å². The second-order valence-corrected chi connectivity index (χ2v) is 4.13. The number of fused-ring (bicyclic) bond motifs is 1. The molecule has 6 heteroatoms. The zero-order valence-corrected chi connectivity index (χ0v) is 10.7. The van der Waals surface area contributed by atoms with Crippen LogP contribution in [-0.2, 0) is 4.74 Å². The molecule has 0 amide bonds. The molecule has 2 aromatic rings. The van der Waals surface area contributed by atoms with Gasteiger partial charge >= 0.3 is 5.97 Å². The zero-order valence-electron chi connectivity index (χ0n) is 10.7. The van der Waals surface area contributed by atoms with Crippen molar-refractivity contribution >= 4 is 23.1 Å². The largest absolute Gasteiger partial charge is 0.478 e. The third kappa shape index (κ3) is 3.45. The number of carboxylic acid groups (broad SMARTS) is 1. The summed E-state index contributed by atoms with van der Waals surface area (Å²) in [6.45, 7) is 1.47. The Bertz CT molecular complexity index is 565. The van der Waals surface area contributed by atoms with E-state index in [4.69, 9.17) is 14.3 Å². The molecule has 1 aromatic carbocycles. The van der Waals surface area contributed by atoms with Gasteiger partial charge in [0.1, 0.15) is 5.52 Å². The highest BCUT2D eigenvalue weighted by molar-refractivity contribution is 5.92. The van der Waals surface area contributed by atoms with E-state index in [-0.39, 0.29) is 5.56 Å². The Morgan fingerprint density at radius 3 is 3.05 bits per heavy atom. The van der Waals surface area contributed by atoms with Gasteiger partial charge in [-0.15, -0.1) is 0 Å². The predicted molar refractivity (Wildman–Crippen MR) is 70.6 cm³/mol. The average molecular weight is 264 g/mol. The molecule has 2 N–H and O–H groups in total. The fourth-order valence-electron chi connectivity index (χ4n) is 1.70. The Morgan fingerprint density at radius 2 is 2.32 bits per heavy atom. The van der Waals surface area contributed by atoms with E-state index in [1.54, 1.807) is 13.2 Å². The molecule has 102 valence electrons. The van der Waals surface area contributed by atoms with Crippen molar-refractivity contribution in [2.24, 2.45) is 0 Å². The van der Waals surface area contributed by atoms with E-state index in [9.17, 15) is 4.79 Å². The first-order valence-electron chi connectivity index (χ1n) is 6.07. The molecular formula is C13H16N2O4. The Labute approximate surface area is 110 Å². The molecule has 0 radical (unpaired) electrons. The lowest BCUT2D eigenvalue weighted by molar-refractivity contribution is 0.0697. The molecule has 0 bridgehead atoms. The molecule has 0 aliphatic carbocycles. The third-order valence-electron chi connectivity index (χ3n) is 2.69. The number of unbranched alkanes of at least 4 members (excludes halogenated alkanes) is 1. The highest BCUT2D eigenvalue weighted by atomic mass is 16.5. The summed E-state index contributed by atoms with van der Waals surface area (Å²) in [6, 6.07) is 5.03. The van der Waals surface area contributed by atoms with Crippen LogP contribution in [0.5, 0.6) is 0 Å². The van der Waals surface area contributed by atoms with Crippen LogP contribution < -0.4 is 5.32 Å². The van der Waals surface area contributed by atoms with Gasteiger partial charge in [0.15, 0.2) is 5.58 Å². The van der Waals surface area contributed by atoms with Gasteiger partial charge in [-0.1, -0.05) is 0 Å². The van der Waals surface area contributed by atoms with E-state index < -0.39 is 5.97 Å². The summed E-state index contributed by atoms with van der Waals surface area (Å²) in [4.78, 5) is 15.1. The number of aromatic nitrogens is 1. The number of rotatable bonds is 7. The molecule has 0 spiro atoms. The van der Waals surface area contributed by atoms with Crippen LogP contribution in [0.4, 0.5) is 6.01 Å². The van der Waals surface area contributed by atoms with E-state index in [0.717, 1.165) is 26.0 Å². The first-order valence-corrected chi connectivity index (χ1v) is 6.07. The average Bonchev–Trinajstić information content (AvgIpc) is 2.80. The lowest BCUT2D eigenvalue weighted by atomic mass is 10.2. The van der Waals surface area contributed by atoms with Crippen molar-refractivity contribution in [3.05, 3.63) is 23.8 Å². The molecule has 1 aromatic heterocycles. The molecule has 0 saturated carbocycles. The van der Waals surface area contributed by atoms with Crippen LogP contribution >= 0.6 is 0 Å². The lowest BCUT2D eigenvalue weighted by Gasteiger charge is -2.00. The summed E-state index contributed by atoms with van der Waals surface area (Å²) in [5.74, 6) is -0.979. The summed E-state index contributed by atoms with van der Waals surface area (Å²) < 4.78 is 10.4. The van der Waals surface area contributed by atoms with Gasteiger partial charge in [-0.05, 0) is 31.0 Å². The normalized spacial score (nSPS) is 10.8. The Kier molecular flexibility index (Phi) is 4.35. The van der Waals surface area contributed by atoms with Gasteiger partial charge in [0.2, 0.25) is 0 Å². The molecule has 6 nitrogen and oxygen atoms in total. The Morgan fingerprint density at radius 1 is 1.47 bits per heavy atom. The van der Waals surface area contributed by atoms with Crippen LogP contribution in [0.2, 0.25) is 0 Å². The van der Waals surface area contributed by atoms with Gasteiger partial charge in [-0.2, -0.15) is 4.98 Å². The Hall–Kier alpha value is -2.08. The number of carbonyl (C=O) groups is 1. The summed E-state index contributed by atoms with van der Waals surface area (Å²) in [6.07, 6.45) is 1.92. The van der Waals surface area contributed by atoms with Crippen molar-refractivity contribution in [1.29, 1.82) is 0 Å². The van der Waals surface area contributed by atoms with Crippen molar-refractivity contribution in [2.75, 3.05) is 25.6 Å². The minimum atomic E-state index is -0.979. The molecule has 0 aliphatic heterocycles. The topological polar surface area (TPSA) is 84.6 Å². The molecule has 19 heavy (non-hydrogen) atoms. The number of carboxylic acids is 1. The highest BCUT2D eigenvalue weighted by Crippen LogP contribution is 2.20. The monoisotopic (exact) mass is 264 g/mol. The van der Waals surface area contributed by atoms with Crippen LogP contribution in [0.3, 0.4) is 0 Å². The minimum absolute atomic E-state index is 0.190. The van der Waals surface area contributed by atoms with Crippen molar-refractivity contribution in [3.63, 3.8) is 0 Å². The lowest BCUT2D eigenvalue weighted by Crippen LogP contribution is -2.02. The molecule has 1 heterocycles. The van der Waals surface area contributed by atoms with E-state index >= 15 is 0 Å². The highest BCUT2D eigenvalue weighted by Gasteiger charge is 2.09. The first kappa shape index (κ1) is 13.4. The first-order chi connectivity index (χ1) is 9.20. The van der Waals surface area contributed by atoms with Gasteiger partial charge in [-0.25, -0.2) is 4.79 Å². The van der Waals surface area contributed by atoms with Crippen molar-refractivity contribution < 1.29 is 19.1 Å². The number of ether oxygens (including phenoxy) is 1. The SMILES string of the molecule is COCCCCNc1nc2ccc(C(=O)O)cc2o1. The maximum absolute atomic E-state index is 10.8. The summed E-state index contributed by atoms with van der Waals surface area (Å²) in [7, 11) is 1.67. The van der Waals surface area contributed by atoms with E-state index in [1.807, 2.05) is 0 Å². The smallest absolute Gasteiger partial charge is 0.335 e. The summed E-state index contributed by atoms with van der Waals surface area (Å²) in [5.41, 5.74) is 1.30. The second kappa shape index (κ2) is 6.19. The summed E-state index contributed by atoms with van der Waals surface area (Å²) >= 11 is 0. The minimum Gasteiger partial charge on any atom is -0.478 e. The van der Waals surface area contributed by atoms with Crippen LogP contribution in [0.15, 0.2) is 22.6 Å². The number of benzene rings is 1. The molecule has 2 rings (SSSR count). The standard InChI is InChI=1S/C13H16N2O4/c1-18-7-3-2-6-14-13-15-10-5-4-9(12(16)17)8-11(10)19-13/h4-5,8H,2-3,6-7H2,1H3,(H,14,15)(H,16,17). The van der Waals surface area contributed by atoms with Crippen molar-refractivity contribution in [3.8, 4) is 0 Å². The molecule has 0 aliphatic rings. The van der Waals surface area contributed by atoms with Crippen LogP contribution in [0, 0.1) is 0 Å². The van der Waals surface area contributed by atoms with Crippen LogP contribution in [0.25, 0.3) is 11.1 Å². The number of hydrogen-bond donors (Lipinski definition) is 2. The number of hydrogen-bond acceptors (Lipinski definition) is 5. The molecular weight excluding hydrogens is 248 g/mol. The van der Waals surface area contributed by atoms with Gasteiger partial charge in [-0.3, -0.25) is 0 Å². The van der Waals surface area contributed by atoms with Crippen LogP contribution in [0.1, 0.15) is 23.2 Å². The zero-order chi connectivity index (χ0) is 13.7. The molecule has 0 unspecified atom stereocenters. The van der Waals surface area contributed by atoms with Gasteiger partial charge in [0.05, 0.1) is 5.56 Å². The van der Waals surface area contributed by atoms with E-state index in [0.29, 0.717) is 17.1 Å². The van der Waals surface area contributed by atoms with Crippen molar-refractivity contribution in [1.82, 2.24) is 4.98 Å². The fourth-order valence-corrected chi connectivity index (χ4v) is 1.70. The molecule has 0 saturated heterocycles. The number of oxazole rings is 1. The summed E-state index contributed by atoms with van der Waals surface area (Å²) in [5, 5.41) is 11.9. The van der Waals surface area contributed by atoms with Gasteiger partial charge in [0, 0.05) is 20.3 Å². The number of nitrogens with one attached hydrogen (secondary N) is 1. The number of methoxy groups -OCH3 is 1. The quantitative estimate of drug-likeness (QED) is 0.747. The van der Waals surface area contributed by atoms with Gasteiger partial charge < -0.3 is 19.6 Å². The molecule has 0 fully saturated rings. The predicted octanol–water partition coefficient (Wildman–Crippen LogP) is 2.36. The second-order valence-electron chi connectivity index (χ2n) is 4.13. The Balaban J connectivity index is 1.99. The number of anilines is 1. The van der Waals surface area contributed by atoms with Crippen LogP contribution in [-0.4, -0.2) is 36.3 Å². The van der Waals surface area contributed by atoms with E-state index in [2.05, 4.69) is 10.3 Å². The number of aromatic carboxylic acids is 1. The number of nitrogens with zero attached hydrogens (tertiary/aromatic N) is 1.